The minimum Gasteiger partial charge on any atom is -0.375 e. The highest BCUT2D eigenvalue weighted by Crippen LogP contribution is 2.64. The van der Waals surface area contributed by atoms with Crippen LogP contribution < -0.4 is 0 Å². The van der Waals surface area contributed by atoms with E-state index in [9.17, 15) is 0 Å². The van der Waals surface area contributed by atoms with E-state index in [2.05, 4.69) is 41.5 Å². The molecule has 152 valence electrons. The van der Waals surface area contributed by atoms with Gasteiger partial charge in [0.1, 0.15) is 0 Å². The van der Waals surface area contributed by atoms with Crippen LogP contribution in [0.3, 0.4) is 0 Å². The summed E-state index contributed by atoms with van der Waals surface area (Å²) in [7, 11) is 0. The van der Waals surface area contributed by atoms with E-state index in [1.54, 1.807) is 32.1 Å². The van der Waals surface area contributed by atoms with Crippen molar-refractivity contribution in [1.29, 1.82) is 0 Å². The lowest BCUT2D eigenvalue weighted by Gasteiger charge is -2.61. The molecule has 0 spiro atoms. The standard InChI is InChI=1S/C14H24.C11H22O/c1-3-13-12-6-10-5-11(7-12)9-14(13,4-2)8-10;1-5-10-7-8(3)9(4)12-11(10)6-2/h10-13H,3-9H2,1-2H3;8-11H,5-7H2,1-4H3/t10?,11?,12?,13-,14?;8?,9?,10-,11-/m00/s1. The molecule has 0 aromatic rings. The lowest BCUT2D eigenvalue weighted by atomic mass is 9.44. The molecule has 0 aromatic heterocycles. The summed E-state index contributed by atoms with van der Waals surface area (Å²) in [5, 5.41) is 0. The number of ether oxygens (including phenoxy) is 1. The van der Waals surface area contributed by atoms with Crippen LogP contribution in [-0.4, -0.2) is 12.2 Å². The normalized spacial score (nSPS) is 49.6. The molecule has 26 heavy (non-hydrogen) atoms. The summed E-state index contributed by atoms with van der Waals surface area (Å²) in [6.07, 6.45) is 15.7. The smallest absolute Gasteiger partial charge is 0.0604 e. The third kappa shape index (κ3) is 3.89. The van der Waals surface area contributed by atoms with Crippen LogP contribution in [0.1, 0.15) is 106 Å². The Balaban J connectivity index is 0.000000153. The summed E-state index contributed by atoms with van der Waals surface area (Å²) >= 11 is 0. The predicted molar refractivity (Wildman–Crippen MR) is 112 cm³/mol. The molecule has 0 aromatic carbocycles. The molecule has 0 N–H and O–H groups in total. The minimum atomic E-state index is 0.470. The third-order valence-electron chi connectivity index (χ3n) is 9.15. The Kier molecular flexibility index (Phi) is 6.80. The van der Waals surface area contributed by atoms with E-state index in [-0.39, 0.29) is 0 Å². The molecule has 0 radical (unpaired) electrons. The van der Waals surface area contributed by atoms with Crippen LogP contribution in [0.4, 0.5) is 0 Å². The summed E-state index contributed by atoms with van der Waals surface area (Å²) in [6.45, 7) is 13.9. The molecule has 5 rings (SSSR count). The Morgan fingerprint density at radius 1 is 0.808 bits per heavy atom. The molecule has 1 aliphatic heterocycles. The molecule has 1 nitrogen and oxygen atoms in total. The van der Waals surface area contributed by atoms with Gasteiger partial charge in [0, 0.05) is 0 Å². The molecule has 7 atom stereocenters. The Bertz CT molecular complexity index is 413. The predicted octanol–water partition coefficient (Wildman–Crippen LogP) is 7.49. The van der Waals surface area contributed by atoms with Gasteiger partial charge in [0.2, 0.25) is 0 Å². The van der Waals surface area contributed by atoms with Crippen LogP contribution in [0, 0.1) is 40.9 Å². The molecular formula is C25H46O. The second kappa shape index (κ2) is 8.54. The van der Waals surface area contributed by atoms with Gasteiger partial charge in [-0.25, -0.2) is 0 Å². The molecule has 5 fully saturated rings. The van der Waals surface area contributed by atoms with Crippen LogP contribution in [0.25, 0.3) is 0 Å². The van der Waals surface area contributed by atoms with E-state index in [0.717, 1.165) is 40.9 Å². The number of hydrogen-bond donors (Lipinski definition) is 0. The fraction of sp³-hybridized carbons (Fsp3) is 1.00. The van der Waals surface area contributed by atoms with Gasteiger partial charge in [0.05, 0.1) is 12.2 Å². The van der Waals surface area contributed by atoms with Crippen molar-refractivity contribution in [2.45, 2.75) is 118 Å². The molecule has 1 heterocycles. The number of rotatable bonds is 4. The van der Waals surface area contributed by atoms with Crippen molar-refractivity contribution in [3.8, 4) is 0 Å². The summed E-state index contributed by atoms with van der Waals surface area (Å²) in [6, 6.07) is 0. The Labute approximate surface area is 164 Å². The van der Waals surface area contributed by atoms with E-state index in [1.165, 1.54) is 32.1 Å². The zero-order chi connectivity index (χ0) is 18.9. The quantitative estimate of drug-likeness (QED) is 0.503. The fourth-order valence-corrected chi connectivity index (χ4v) is 7.83. The van der Waals surface area contributed by atoms with E-state index < -0.39 is 0 Å². The van der Waals surface area contributed by atoms with E-state index in [1.807, 2.05) is 0 Å². The first-order valence-electron chi connectivity index (χ1n) is 12.1. The van der Waals surface area contributed by atoms with Gasteiger partial charge in [-0.1, -0.05) is 53.9 Å². The van der Waals surface area contributed by atoms with Crippen molar-refractivity contribution in [2.24, 2.45) is 40.9 Å². The highest BCUT2D eigenvalue weighted by molar-refractivity contribution is 5.05. The number of hydrogen-bond acceptors (Lipinski definition) is 1. The van der Waals surface area contributed by atoms with Crippen molar-refractivity contribution in [2.75, 3.05) is 0 Å². The van der Waals surface area contributed by atoms with Gasteiger partial charge >= 0.3 is 0 Å². The van der Waals surface area contributed by atoms with Crippen molar-refractivity contribution in [1.82, 2.24) is 0 Å². The average Bonchev–Trinajstić information content (AvgIpc) is 2.63. The maximum atomic E-state index is 5.95. The van der Waals surface area contributed by atoms with Crippen molar-refractivity contribution >= 4 is 0 Å². The van der Waals surface area contributed by atoms with Gasteiger partial charge in [0.15, 0.2) is 0 Å². The van der Waals surface area contributed by atoms with Crippen molar-refractivity contribution in [3.63, 3.8) is 0 Å². The second-order valence-corrected chi connectivity index (χ2v) is 10.5. The van der Waals surface area contributed by atoms with Crippen LogP contribution >= 0.6 is 0 Å². The van der Waals surface area contributed by atoms with Crippen LogP contribution in [0.2, 0.25) is 0 Å². The maximum absolute atomic E-state index is 5.95. The highest BCUT2D eigenvalue weighted by Gasteiger charge is 2.54. The van der Waals surface area contributed by atoms with Gasteiger partial charge in [-0.15, -0.1) is 0 Å². The first kappa shape index (κ1) is 20.7. The Morgan fingerprint density at radius 3 is 1.96 bits per heavy atom. The lowest BCUT2D eigenvalue weighted by Crippen LogP contribution is -2.52. The van der Waals surface area contributed by atoms with E-state index in [0.29, 0.717) is 12.2 Å². The molecule has 0 amide bonds. The SMILES string of the molecule is CC[C@H]1C2CC3CC(C2)CC1(CC)C3.CC[C@H]1CC(C)C(C)O[C@H]1CC. The van der Waals surface area contributed by atoms with E-state index in [4.69, 9.17) is 4.74 Å². The van der Waals surface area contributed by atoms with Gasteiger partial charge < -0.3 is 4.74 Å². The van der Waals surface area contributed by atoms with E-state index >= 15 is 0 Å². The molecule has 4 bridgehead atoms. The molecule has 4 unspecified atom stereocenters. The first-order chi connectivity index (χ1) is 12.5. The largest absolute Gasteiger partial charge is 0.375 e. The van der Waals surface area contributed by atoms with Crippen molar-refractivity contribution < 1.29 is 4.74 Å². The summed E-state index contributed by atoms with van der Waals surface area (Å²) in [5.41, 5.74) is 0.809. The van der Waals surface area contributed by atoms with Gasteiger partial charge in [0.25, 0.3) is 0 Å². The van der Waals surface area contributed by atoms with Crippen LogP contribution in [0.5, 0.6) is 0 Å². The monoisotopic (exact) mass is 362 g/mol. The summed E-state index contributed by atoms with van der Waals surface area (Å²) in [4.78, 5) is 0. The molecule has 5 aliphatic rings. The first-order valence-corrected chi connectivity index (χ1v) is 12.1. The van der Waals surface area contributed by atoms with Crippen molar-refractivity contribution in [3.05, 3.63) is 0 Å². The maximum Gasteiger partial charge on any atom is 0.0604 e. The van der Waals surface area contributed by atoms with Crippen LogP contribution in [-0.2, 0) is 4.74 Å². The molecule has 1 saturated heterocycles. The zero-order valence-electron chi connectivity index (χ0n) is 18.6. The lowest BCUT2D eigenvalue weighted by molar-refractivity contribution is -0.112. The Morgan fingerprint density at radius 2 is 1.46 bits per heavy atom. The summed E-state index contributed by atoms with van der Waals surface area (Å²) < 4.78 is 5.95. The molecule has 4 aliphatic carbocycles. The topological polar surface area (TPSA) is 9.23 Å². The van der Waals surface area contributed by atoms with Gasteiger partial charge in [-0.2, -0.15) is 0 Å². The third-order valence-corrected chi connectivity index (χ3v) is 9.15. The summed E-state index contributed by atoms with van der Waals surface area (Å²) in [5.74, 6) is 6.05. The Hall–Kier alpha value is -0.0400. The zero-order valence-corrected chi connectivity index (χ0v) is 18.6. The highest BCUT2D eigenvalue weighted by atomic mass is 16.5. The minimum absolute atomic E-state index is 0.470. The second-order valence-electron chi connectivity index (χ2n) is 10.5. The van der Waals surface area contributed by atoms with Gasteiger partial charge in [-0.05, 0) is 92.8 Å². The average molecular weight is 363 g/mol. The van der Waals surface area contributed by atoms with Gasteiger partial charge in [-0.3, -0.25) is 0 Å². The van der Waals surface area contributed by atoms with Crippen LogP contribution in [0.15, 0.2) is 0 Å². The molecule has 4 saturated carbocycles. The molecule has 1 heteroatoms. The molecular weight excluding hydrogens is 316 g/mol. The fourth-order valence-electron chi connectivity index (χ4n) is 7.83.